The first-order valence-corrected chi connectivity index (χ1v) is 9.66. The van der Waals surface area contributed by atoms with Crippen LogP contribution in [0.4, 0.5) is 13.2 Å². The molecule has 0 aromatic heterocycles. The summed E-state index contributed by atoms with van der Waals surface area (Å²) in [7, 11) is 1.63. The average molecular weight is 406 g/mol. The summed E-state index contributed by atoms with van der Waals surface area (Å²) in [5.41, 5.74) is 1.16. The molecule has 29 heavy (non-hydrogen) atoms. The maximum Gasteiger partial charge on any atom is 0.416 e. The van der Waals surface area contributed by atoms with Gasteiger partial charge < -0.3 is 15.0 Å². The molecule has 7 heteroatoms. The Morgan fingerprint density at radius 2 is 1.90 bits per heavy atom. The molecule has 1 saturated heterocycles. The molecule has 2 aromatic carbocycles. The van der Waals surface area contributed by atoms with Crippen LogP contribution in [-0.2, 0) is 24.1 Å². The van der Waals surface area contributed by atoms with Gasteiger partial charge in [0.25, 0.3) is 0 Å². The van der Waals surface area contributed by atoms with Crippen LogP contribution in [0.5, 0.6) is 5.75 Å². The van der Waals surface area contributed by atoms with E-state index in [1.54, 1.807) is 12.0 Å². The molecule has 0 unspecified atom stereocenters. The van der Waals surface area contributed by atoms with Crippen molar-refractivity contribution in [2.24, 2.45) is 0 Å². The summed E-state index contributed by atoms with van der Waals surface area (Å²) in [4.78, 5) is 14.0. The van der Waals surface area contributed by atoms with Gasteiger partial charge in [-0.1, -0.05) is 24.3 Å². The Bertz CT molecular complexity index is 822. The number of amides is 1. The number of hydrogen-bond donors (Lipinski definition) is 1. The fourth-order valence-corrected chi connectivity index (χ4v) is 3.59. The highest BCUT2D eigenvalue weighted by Crippen LogP contribution is 2.30. The monoisotopic (exact) mass is 406 g/mol. The topological polar surface area (TPSA) is 41.6 Å². The molecule has 1 heterocycles. The third kappa shape index (κ3) is 5.73. The van der Waals surface area contributed by atoms with Crippen LogP contribution in [0.25, 0.3) is 0 Å². The van der Waals surface area contributed by atoms with Gasteiger partial charge in [0.15, 0.2) is 0 Å². The molecule has 0 bridgehead atoms. The summed E-state index contributed by atoms with van der Waals surface area (Å²) in [5, 5.41) is 3.38. The molecular weight excluding hydrogens is 381 g/mol. The van der Waals surface area contributed by atoms with Crippen molar-refractivity contribution in [1.82, 2.24) is 10.2 Å². The number of halogens is 3. The van der Waals surface area contributed by atoms with Crippen molar-refractivity contribution in [2.75, 3.05) is 13.7 Å². The van der Waals surface area contributed by atoms with Crippen molar-refractivity contribution in [3.63, 3.8) is 0 Å². The number of carbonyl (C=O) groups is 1. The summed E-state index contributed by atoms with van der Waals surface area (Å²) in [6.07, 6.45) is -2.28. The fraction of sp³-hybridized carbons (Fsp3) is 0.409. The molecule has 1 amide bonds. The number of methoxy groups -OCH3 is 1. The Balaban J connectivity index is 1.51. The number of nitrogens with zero attached hydrogens (tertiary/aromatic N) is 1. The molecule has 0 spiro atoms. The van der Waals surface area contributed by atoms with Gasteiger partial charge >= 0.3 is 6.18 Å². The Labute approximate surface area is 168 Å². The quantitative estimate of drug-likeness (QED) is 0.662. The predicted molar refractivity (Wildman–Crippen MR) is 104 cm³/mol. The molecule has 1 atom stereocenters. The van der Waals surface area contributed by atoms with Crippen LogP contribution in [0.2, 0.25) is 0 Å². The number of benzene rings is 2. The van der Waals surface area contributed by atoms with Gasteiger partial charge in [-0.15, -0.1) is 0 Å². The van der Waals surface area contributed by atoms with Gasteiger partial charge in [-0.05, 0) is 54.8 Å². The Morgan fingerprint density at radius 1 is 1.14 bits per heavy atom. The lowest BCUT2D eigenvalue weighted by Gasteiger charge is -2.25. The second-order valence-electron chi connectivity index (χ2n) is 7.23. The van der Waals surface area contributed by atoms with E-state index >= 15 is 0 Å². The molecule has 156 valence electrons. The highest BCUT2D eigenvalue weighted by atomic mass is 19.4. The minimum absolute atomic E-state index is 0.0580. The van der Waals surface area contributed by atoms with Crippen molar-refractivity contribution in [3.8, 4) is 5.75 Å². The van der Waals surface area contributed by atoms with Crippen LogP contribution >= 0.6 is 0 Å². The lowest BCUT2D eigenvalue weighted by Crippen LogP contribution is -2.34. The Kier molecular flexibility index (Phi) is 6.79. The molecule has 1 aliphatic rings. The summed E-state index contributed by atoms with van der Waals surface area (Å²) in [5.74, 6) is 0.871. The summed E-state index contributed by atoms with van der Waals surface area (Å²) >= 11 is 0. The van der Waals surface area contributed by atoms with Crippen molar-refractivity contribution in [3.05, 3.63) is 65.2 Å². The number of nitrogens with one attached hydrogen (secondary N) is 1. The third-order valence-electron chi connectivity index (χ3n) is 5.20. The largest absolute Gasteiger partial charge is 0.497 e. The van der Waals surface area contributed by atoms with Gasteiger partial charge in [0.05, 0.1) is 12.7 Å². The first-order valence-electron chi connectivity index (χ1n) is 9.66. The molecule has 3 rings (SSSR count). The fourth-order valence-electron chi connectivity index (χ4n) is 3.59. The van der Waals surface area contributed by atoms with Crippen molar-refractivity contribution in [2.45, 2.75) is 44.6 Å². The number of hydrogen-bond acceptors (Lipinski definition) is 3. The minimum Gasteiger partial charge on any atom is -0.497 e. The first kappa shape index (κ1) is 21.2. The molecule has 0 saturated carbocycles. The second-order valence-corrected chi connectivity index (χ2v) is 7.23. The third-order valence-corrected chi connectivity index (χ3v) is 5.20. The van der Waals surface area contributed by atoms with Crippen LogP contribution in [0.1, 0.15) is 36.0 Å². The lowest BCUT2D eigenvalue weighted by molar-refractivity contribution is -0.137. The zero-order chi connectivity index (χ0) is 20.9. The SMILES string of the molecule is COc1cccc(CNCC[C@H]2CCC(=O)N2Cc2ccc(C(F)(F)F)cc2)c1. The van der Waals surface area contributed by atoms with E-state index in [2.05, 4.69) is 5.32 Å². The van der Waals surface area contributed by atoms with Crippen LogP contribution in [0.15, 0.2) is 48.5 Å². The maximum atomic E-state index is 12.7. The van der Waals surface area contributed by atoms with Crippen LogP contribution in [-0.4, -0.2) is 30.5 Å². The van der Waals surface area contributed by atoms with Crippen LogP contribution in [0.3, 0.4) is 0 Å². The minimum atomic E-state index is -4.35. The van der Waals surface area contributed by atoms with Crippen molar-refractivity contribution < 1.29 is 22.7 Å². The first-order chi connectivity index (χ1) is 13.9. The van der Waals surface area contributed by atoms with E-state index in [9.17, 15) is 18.0 Å². The maximum absolute atomic E-state index is 12.7. The van der Waals surface area contributed by atoms with Gasteiger partial charge in [0.1, 0.15) is 5.75 Å². The highest BCUT2D eigenvalue weighted by Gasteiger charge is 2.32. The smallest absolute Gasteiger partial charge is 0.416 e. The van der Waals surface area contributed by atoms with E-state index in [0.29, 0.717) is 25.1 Å². The summed E-state index contributed by atoms with van der Waals surface area (Å²) in [6, 6.07) is 13.0. The van der Waals surface area contributed by atoms with Crippen molar-refractivity contribution >= 4 is 5.91 Å². The highest BCUT2D eigenvalue weighted by molar-refractivity contribution is 5.78. The molecule has 1 N–H and O–H groups in total. The molecule has 4 nitrogen and oxygen atoms in total. The number of alkyl halides is 3. The number of carbonyl (C=O) groups excluding carboxylic acids is 1. The predicted octanol–water partition coefficient (Wildman–Crippen LogP) is 4.38. The van der Waals surface area contributed by atoms with Crippen LogP contribution < -0.4 is 10.1 Å². The van der Waals surface area contributed by atoms with E-state index in [1.807, 2.05) is 24.3 Å². The average Bonchev–Trinajstić information content (AvgIpc) is 3.05. The summed E-state index contributed by atoms with van der Waals surface area (Å²) < 4.78 is 43.3. The molecular formula is C22H25F3N2O2. The molecule has 0 radical (unpaired) electrons. The van der Waals surface area contributed by atoms with Gasteiger partial charge in [0, 0.05) is 25.6 Å². The van der Waals surface area contributed by atoms with Gasteiger partial charge in [0.2, 0.25) is 5.91 Å². The van der Waals surface area contributed by atoms with E-state index < -0.39 is 11.7 Å². The van der Waals surface area contributed by atoms with Gasteiger partial charge in [-0.2, -0.15) is 13.2 Å². The zero-order valence-electron chi connectivity index (χ0n) is 16.3. The lowest BCUT2D eigenvalue weighted by atomic mass is 10.1. The number of ether oxygens (including phenoxy) is 1. The zero-order valence-corrected chi connectivity index (χ0v) is 16.3. The molecule has 0 aliphatic carbocycles. The molecule has 1 aliphatic heterocycles. The van der Waals surface area contributed by atoms with Crippen LogP contribution in [0, 0.1) is 0 Å². The van der Waals surface area contributed by atoms with E-state index in [0.717, 1.165) is 42.8 Å². The standard InChI is InChI=1S/C22H25F3N2O2/c1-29-20-4-2-3-17(13-20)14-26-12-11-19-9-10-21(28)27(19)15-16-5-7-18(8-6-16)22(23,24)25/h2-8,13,19,26H,9-12,14-15H2,1H3/t19-/m1/s1. The van der Waals surface area contributed by atoms with Gasteiger partial charge in [-0.3, -0.25) is 4.79 Å². The number of likely N-dealkylation sites (tertiary alicyclic amines) is 1. The van der Waals surface area contributed by atoms with Crippen molar-refractivity contribution in [1.29, 1.82) is 0 Å². The van der Waals surface area contributed by atoms with E-state index in [4.69, 9.17) is 4.74 Å². The second kappa shape index (κ2) is 9.31. The van der Waals surface area contributed by atoms with Gasteiger partial charge in [-0.25, -0.2) is 0 Å². The number of rotatable bonds is 8. The Morgan fingerprint density at radius 3 is 2.59 bits per heavy atom. The van der Waals surface area contributed by atoms with E-state index in [-0.39, 0.29) is 11.9 Å². The normalized spacial score (nSPS) is 17.0. The summed E-state index contributed by atoms with van der Waals surface area (Å²) in [6.45, 7) is 1.80. The molecule has 2 aromatic rings. The Hall–Kier alpha value is -2.54. The van der Waals surface area contributed by atoms with E-state index in [1.165, 1.54) is 12.1 Å². The molecule has 1 fully saturated rings.